The van der Waals surface area contributed by atoms with Crippen LogP contribution < -0.4 is 0 Å². The molecule has 2 heteroatoms. The van der Waals surface area contributed by atoms with Crippen LogP contribution in [-0.4, -0.2) is 4.57 Å². The lowest BCUT2D eigenvalue weighted by Crippen LogP contribution is -1.93. The fourth-order valence-electron chi connectivity index (χ4n) is 5.17. The van der Waals surface area contributed by atoms with Gasteiger partial charge >= 0.3 is 0 Å². The molecule has 2 nitrogen and oxygen atoms in total. The lowest BCUT2D eigenvalue weighted by molar-refractivity contribution is 0.616. The summed E-state index contributed by atoms with van der Waals surface area (Å²) >= 11 is 0. The molecular weight excluding hydrogens is 414 g/mol. The van der Waals surface area contributed by atoms with Crippen molar-refractivity contribution in [2.45, 2.75) is 0 Å². The molecular formula is C32H21NO. The van der Waals surface area contributed by atoms with Crippen LogP contribution in [0.1, 0.15) is 0 Å². The molecule has 0 spiro atoms. The van der Waals surface area contributed by atoms with Gasteiger partial charge in [-0.15, -0.1) is 0 Å². The van der Waals surface area contributed by atoms with Gasteiger partial charge in [0.1, 0.15) is 5.58 Å². The summed E-state index contributed by atoms with van der Waals surface area (Å²) in [7, 11) is 0. The van der Waals surface area contributed by atoms with Crippen LogP contribution in [-0.2, 0) is 0 Å². The molecule has 0 bridgehead atoms. The van der Waals surface area contributed by atoms with Crippen molar-refractivity contribution < 1.29 is 4.42 Å². The van der Waals surface area contributed by atoms with Crippen LogP contribution in [0.2, 0.25) is 0 Å². The topological polar surface area (TPSA) is 18.1 Å². The first-order valence-electron chi connectivity index (χ1n) is 11.5. The summed E-state index contributed by atoms with van der Waals surface area (Å²) in [4.78, 5) is 0. The van der Waals surface area contributed by atoms with Crippen molar-refractivity contribution in [1.29, 1.82) is 0 Å². The predicted octanol–water partition coefficient (Wildman–Crippen LogP) is 8.86. The molecule has 0 amide bonds. The van der Waals surface area contributed by atoms with Gasteiger partial charge in [0.15, 0.2) is 0 Å². The Hall–Kier alpha value is -4.56. The number of furan rings is 1. The van der Waals surface area contributed by atoms with Crippen molar-refractivity contribution in [3.8, 4) is 27.9 Å². The van der Waals surface area contributed by atoms with Gasteiger partial charge in [-0.3, -0.25) is 0 Å². The Morgan fingerprint density at radius 2 is 1.21 bits per heavy atom. The van der Waals surface area contributed by atoms with Gasteiger partial charge in [0, 0.05) is 21.8 Å². The van der Waals surface area contributed by atoms with Gasteiger partial charge in [-0.2, -0.15) is 0 Å². The maximum absolute atomic E-state index is 5.76. The number of rotatable bonds is 3. The molecule has 0 radical (unpaired) electrons. The van der Waals surface area contributed by atoms with E-state index < -0.39 is 0 Å². The number of hydrogen-bond acceptors (Lipinski definition) is 1. The quantitative estimate of drug-likeness (QED) is 0.271. The average Bonchev–Trinajstić information content (AvgIpc) is 3.52. The van der Waals surface area contributed by atoms with Crippen LogP contribution in [0.15, 0.2) is 132 Å². The molecule has 0 N–H and O–H groups in total. The van der Waals surface area contributed by atoms with Crippen molar-refractivity contribution in [3.05, 3.63) is 128 Å². The van der Waals surface area contributed by atoms with Gasteiger partial charge in [-0.1, -0.05) is 78.9 Å². The summed E-state index contributed by atoms with van der Waals surface area (Å²) in [5.74, 6) is 0. The Morgan fingerprint density at radius 3 is 2.00 bits per heavy atom. The molecule has 5 aromatic carbocycles. The van der Waals surface area contributed by atoms with Crippen LogP contribution >= 0.6 is 0 Å². The summed E-state index contributed by atoms with van der Waals surface area (Å²) in [5, 5.41) is 3.60. The number of fused-ring (bicyclic) bond motifs is 5. The van der Waals surface area contributed by atoms with Gasteiger partial charge in [0.25, 0.3) is 0 Å². The third-order valence-corrected chi connectivity index (χ3v) is 6.70. The van der Waals surface area contributed by atoms with E-state index in [1.807, 2.05) is 0 Å². The van der Waals surface area contributed by atoms with Gasteiger partial charge in [0.05, 0.1) is 17.3 Å². The second kappa shape index (κ2) is 7.50. The van der Waals surface area contributed by atoms with Crippen molar-refractivity contribution in [1.82, 2.24) is 4.57 Å². The Balaban J connectivity index is 1.55. The molecule has 0 aliphatic heterocycles. The zero-order chi connectivity index (χ0) is 22.5. The maximum Gasteiger partial charge on any atom is 0.136 e. The Kier molecular flexibility index (Phi) is 4.18. The molecule has 0 saturated carbocycles. The largest absolute Gasteiger partial charge is 0.464 e. The highest BCUT2D eigenvalue weighted by molar-refractivity contribution is 6.18. The Morgan fingerprint density at radius 1 is 0.500 bits per heavy atom. The van der Waals surface area contributed by atoms with Gasteiger partial charge in [-0.25, -0.2) is 0 Å². The third kappa shape index (κ3) is 2.82. The minimum Gasteiger partial charge on any atom is -0.464 e. The maximum atomic E-state index is 5.76. The number of hydrogen-bond donors (Lipinski definition) is 0. The van der Waals surface area contributed by atoms with Crippen LogP contribution in [0, 0.1) is 0 Å². The monoisotopic (exact) mass is 435 g/mol. The first-order valence-corrected chi connectivity index (χ1v) is 11.5. The molecule has 7 rings (SSSR count). The molecule has 34 heavy (non-hydrogen) atoms. The van der Waals surface area contributed by atoms with Gasteiger partial charge < -0.3 is 8.98 Å². The average molecular weight is 436 g/mol. The molecule has 2 heterocycles. The van der Waals surface area contributed by atoms with Crippen molar-refractivity contribution in [2.75, 3.05) is 0 Å². The second-order valence-electron chi connectivity index (χ2n) is 8.61. The molecule has 0 unspecified atom stereocenters. The Labute approximate surface area is 197 Å². The van der Waals surface area contributed by atoms with E-state index in [2.05, 4.69) is 126 Å². The van der Waals surface area contributed by atoms with Crippen molar-refractivity contribution in [3.63, 3.8) is 0 Å². The Bertz CT molecular complexity index is 1790. The SMILES string of the molecule is c1ccc(-c2ccccc2-c2ccc3c(c2)c2ccc4occc4c2n3-c2ccccc2)cc1. The number of aromatic nitrogens is 1. The summed E-state index contributed by atoms with van der Waals surface area (Å²) in [6.45, 7) is 0. The number of para-hydroxylation sites is 1. The lowest BCUT2D eigenvalue weighted by Gasteiger charge is -2.11. The molecule has 7 aromatic rings. The van der Waals surface area contributed by atoms with E-state index in [0.29, 0.717) is 0 Å². The van der Waals surface area contributed by atoms with Crippen LogP contribution in [0.4, 0.5) is 0 Å². The molecule has 160 valence electrons. The first kappa shape index (κ1) is 19.0. The van der Waals surface area contributed by atoms with E-state index in [-0.39, 0.29) is 0 Å². The van der Waals surface area contributed by atoms with Gasteiger partial charge in [0.2, 0.25) is 0 Å². The normalized spacial score (nSPS) is 11.5. The highest BCUT2D eigenvalue weighted by Gasteiger charge is 2.17. The standard InChI is InChI=1S/C32H21NO/c1-3-9-22(10-4-1)25-13-7-8-14-26(25)23-15-17-30-29(21-23)27-16-18-31-28(19-20-34-31)32(27)33(30)24-11-5-2-6-12-24/h1-21H. The fourth-order valence-corrected chi connectivity index (χ4v) is 5.17. The van der Waals surface area contributed by atoms with E-state index in [0.717, 1.165) is 16.7 Å². The summed E-state index contributed by atoms with van der Waals surface area (Å²) in [6.07, 6.45) is 1.78. The van der Waals surface area contributed by atoms with Crippen LogP contribution in [0.5, 0.6) is 0 Å². The molecule has 0 atom stereocenters. The van der Waals surface area contributed by atoms with E-state index in [1.165, 1.54) is 44.1 Å². The zero-order valence-corrected chi connectivity index (χ0v) is 18.5. The van der Waals surface area contributed by atoms with E-state index >= 15 is 0 Å². The predicted molar refractivity (Wildman–Crippen MR) is 141 cm³/mol. The van der Waals surface area contributed by atoms with Crippen molar-refractivity contribution in [2.24, 2.45) is 0 Å². The van der Waals surface area contributed by atoms with Gasteiger partial charge in [-0.05, 0) is 64.7 Å². The minimum absolute atomic E-state index is 0.905. The first-order chi connectivity index (χ1) is 16.9. The molecule has 0 saturated heterocycles. The summed E-state index contributed by atoms with van der Waals surface area (Å²) in [5.41, 5.74) is 9.34. The molecule has 0 aliphatic rings. The minimum atomic E-state index is 0.905. The molecule has 0 fully saturated rings. The van der Waals surface area contributed by atoms with Crippen LogP contribution in [0.25, 0.3) is 60.7 Å². The van der Waals surface area contributed by atoms with E-state index in [4.69, 9.17) is 4.42 Å². The lowest BCUT2D eigenvalue weighted by atomic mass is 9.94. The molecule has 2 aromatic heterocycles. The van der Waals surface area contributed by atoms with E-state index in [9.17, 15) is 0 Å². The second-order valence-corrected chi connectivity index (χ2v) is 8.61. The van der Waals surface area contributed by atoms with E-state index in [1.54, 1.807) is 6.26 Å². The fraction of sp³-hybridized carbons (Fsp3) is 0. The zero-order valence-electron chi connectivity index (χ0n) is 18.5. The number of nitrogens with zero attached hydrogens (tertiary/aromatic N) is 1. The van der Waals surface area contributed by atoms with Crippen LogP contribution in [0.3, 0.4) is 0 Å². The smallest absolute Gasteiger partial charge is 0.136 e. The summed E-state index contributed by atoms with van der Waals surface area (Å²) in [6, 6.07) is 43.0. The summed E-state index contributed by atoms with van der Waals surface area (Å²) < 4.78 is 8.11. The highest BCUT2D eigenvalue weighted by Crippen LogP contribution is 2.40. The molecule has 0 aliphatic carbocycles. The number of benzene rings is 5. The third-order valence-electron chi connectivity index (χ3n) is 6.70. The van der Waals surface area contributed by atoms with Crippen molar-refractivity contribution >= 4 is 32.8 Å². The highest BCUT2D eigenvalue weighted by atomic mass is 16.3.